The first-order valence-corrected chi connectivity index (χ1v) is 10.4. The van der Waals surface area contributed by atoms with E-state index in [1.165, 1.54) is 44.1 Å². The predicted octanol–water partition coefficient (Wildman–Crippen LogP) is 3.92. The van der Waals surface area contributed by atoms with Crippen molar-refractivity contribution in [2.45, 2.75) is 109 Å². The van der Waals surface area contributed by atoms with Crippen molar-refractivity contribution < 1.29 is 18.9 Å². The van der Waals surface area contributed by atoms with E-state index in [0.717, 1.165) is 6.54 Å². The van der Waals surface area contributed by atoms with Crippen LogP contribution in [-0.4, -0.2) is 49.1 Å². The molecule has 0 aromatic rings. The third-order valence-electron chi connectivity index (χ3n) is 5.48. The van der Waals surface area contributed by atoms with E-state index in [9.17, 15) is 0 Å². The van der Waals surface area contributed by atoms with Crippen molar-refractivity contribution in [1.29, 1.82) is 0 Å². The van der Waals surface area contributed by atoms with E-state index in [1.807, 2.05) is 27.7 Å². The second-order valence-corrected chi connectivity index (χ2v) is 8.78. The molecule has 1 aliphatic carbocycles. The first kappa shape index (κ1) is 20.3. The molecule has 1 unspecified atom stereocenters. The van der Waals surface area contributed by atoms with Crippen molar-refractivity contribution in [2.75, 3.05) is 13.2 Å². The zero-order valence-corrected chi connectivity index (χ0v) is 17.2. The summed E-state index contributed by atoms with van der Waals surface area (Å²) in [6.07, 6.45) is 9.88. The summed E-state index contributed by atoms with van der Waals surface area (Å²) in [7, 11) is 0. The number of unbranched alkanes of at least 4 members (excludes halogenated alkanes) is 5. The van der Waals surface area contributed by atoms with Gasteiger partial charge in [0.05, 0.1) is 12.6 Å². The fourth-order valence-electron chi connectivity index (χ4n) is 4.18. The maximum atomic E-state index is 6.24. The maximum absolute atomic E-state index is 6.24. The van der Waals surface area contributed by atoms with Gasteiger partial charge in [0, 0.05) is 0 Å². The molecule has 5 nitrogen and oxygen atoms in total. The van der Waals surface area contributed by atoms with Crippen LogP contribution in [0.5, 0.6) is 0 Å². The van der Waals surface area contributed by atoms with E-state index < -0.39 is 11.6 Å². The topological polar surface area (TPSA) is 49.0 Å². The summed E-state index contributed by atoms with van der Waals surface area (Å²) in [6.45, 7) is 11.8. The summed E-state index contributed by atoms with van der Waals surface area (Å²) in [6, 6.07) is 0.150. The smallest absolute Gasteiger partial charge is 0.164 e. The molecule has 26 heavy (non-hydrogen) atoms. The average molecular weight is 368 g/mol. The third kappa shape index (κ3) is 4.87. The highest BCUT2D eigenvalue weighted by Gasteiger charge is 2.54. The minimum absolute atomic E-state index is 0.0206. The van der Waals surface area contributed by atoms with Crippen LogP contribution in [0.25, 0.3) is 0 Å². The molecule has 0 aromatic heterocycles. The van der Waals surface area contributed by atoms with Gasteiger partial charge in [-0.2, -0.15) is 0 Å². The Bertz CT molecular complexity index is 502. The van der Waals surface area contributed by atoms with Crippen LogP contribution < -0.4 is 5.32 Å². The van der Waals surface area contributed by atoms with Crippen molar-refractivity contribution in [3.05, 3.63) is 11.6 Å². The van der Waals surface area contributed by atoms with Crippen molar-refractivity contribution >= 4 is 0 Å². The number of rotatable bonds is 8. The lowest BCUT2D eigenvalue weighted by atomic mass is 9.87. The van der Waals surface area contributed by atoms with Crippen LogP contribution in [0, 0.1) is 0 Å². The quantitative estimate of drug-likeness (QED) is 0.520. The molecule has 0 aromatic carbocycles. The van der Waals surface area contributed by atoms with E-state index in [2.05, 4.69) is 18.3 Å². The Kier molecular flexibility index (Phi) is 6.45. The molecule has 0 spiro atoms. The maximum Gasteiger partial charge on any atom is 0.164 e. The second kappa shape index (κ2) is 8.27. The summed E-state index contributed by atoms with van der Waals surface area (Å²) in [5.41, 5.74) is 1.17. The van der Waals surface area contributed by atoms with Crippen LogP contribution in [0.4, 0.5) is 0 Å². The minimum Gasteiger partial charge on any atom is -0.346 e. The van der Waals surface area contributed by atoms with Gasteiger partial charge < -0.3 is 24.3 Å². The Balaban J connectivity index is 1.59. The molecule has 150 valence electrons. The van der Waals surface area contributed by atoms with Gasteiger partial charge in [-0.05, 0) is 46.2 Å². The summed E-state index contributed by atoms with van der Waals surface area (Å²) >= 11 is 0. The highest BCUT2D eigenvalue weighted by Crippen LogP contribution is 2.41. The zero-order chi connectivity index (χ0) is 18.8. The van der Waals surface area contributed by atoms with Gasteiger partial charge in [-0.15, -0.1) is 0 Å². The van der Waals surface area contributed by atoms with Crippen LogP contribution in [0.1, 0.15) is 73.1 Å². The first-order valence-electron chi connectivity index (χ1n) is 10.4. The van der Waals surface area contributed by atoms with Crippen molar-refractivity contribution in [1.82, 2.24) is 5.32 Å². The van der Waals surface area contributed by atoms with E-state index in [0.29, 0.717) is 6.61 Å². The molecule has 3 rings (SSSR count). The van der Waals surface area contributed by atoms with Gasteiger partial charge in [-0.1, -0.05) is 45.1 Å². The molecule has 2 fully saturated rings. The molecule has 4 atom stereocenters. The number of hydrogen-bond donors (Lipinski definition) is 1. The third-order valence-corrected chi connectivity index (χ3v) is 5.48. The molecule has 0 amide bonds. The van der Waals surface area contributed by atoms with E-state index in [1.54, 1.807) is 0 Å². The summed E-state index contributed by atoms with van der Waals surface area (Å²) in [5, 5.41) is 3.68. The van der Waals surface area contributed by atoms with Gasteiger partial charge in [0.1, 0.15) is 18.3 Å². The van der Waals surface area contributed by atoms with Crippen LogP contribution in [0.15, 0.2) is 11.6 Å². The second-order valence-electron chi connectivity index (χ2n) is 8.78. The van der Waals surface area contributed by atoms with Crippen LogP contribution in [-0.2, 0) is 18.9 Å². The van der Waals surface area contributed by atoms with Crippen molar-refractivity contribution in [2.24, 2.45) is 0 Å². The van der Waals surface area contributed by atoms with Gasteiger partial charge in [0.2, 0.25) is 0 Å². The molecule has 2 aliphatic heterocycles. The minimum atomic E-state index is -0.582. The van der Waals surface area contributed by atoms with Crippen LogP contribution >= 0.6 is 0 Å². The van der Waals surface area contributed by atoms with Gasteiger partial charge >= 0.3 is 0 Å². The Labute approximate surface area is 158 Å². The Morgan fingerprint density at radius 1 is 0.923 bits per heavy atom. The fourth-order valence-corrected chi connectivity index (χ4v) is 4.18. The normalized spacial score (nSPS) is 34.9. The van der Waals surface area contributed by atoms with Crippen molar-refractivity contribution in [3.8, 4) is 0 Å². The molecule has 3 aliphatic rings. The Hall–Kier alpha value is -0.460. The SMILES string of the molecule is CCCCCCCCN[C@@H]1C=C2COC(C)(C)O[C@@H]2C2OC(C)(C)O[C@@H]21. The van der Waals surface area contributed by atoms with Gasteiger partial charge in [0.25, 0.3) is 0 Å². The molecule has 5 heteroatoms. The van der Waals surface area contributed by atoms with E-state index >= 15 is 0 Å². The highest BCUT2D eigenvalue weighted by molar-refractivity contribution is 5.25. The molecule has 2 saturated heterocycles. The molecule has 0 radical (unpaired) electrons. The fraction of sp³-hybridized carbons (Fsp3) is 0.905. The summed E-state index contributed by atoms with van der Waals surface area (Å²) in [4.78, 5) is 0. The monoisotopic (exact) mass is 367 g/mol. The van der Waals surface area contributed by atoms with Gasteiger partial charge in [0.15, 0.2) is 11.6 Å². The lowest BCUT2D eigenvalue weighted by Crippen LogP contribution is -2.57. The summed E-state index contributed by atoms with van der Waals surface area (Å²) in [5.74, 6) is -1.16. The lowest BCUT2D eigenvalue weighted by molar-refractivity contribution is -0.273. The average Bonchev–Trinajstić information content (AvgIpc) is 2.89. The molecule has 1 N–H and O–H groups in total. The molecule has 2 heterocycles. The van der Waals surface area contributed by atoms with Crippen LogP contribution in [0.3, 0.4) is 0 Å². The number of nitrogens with one attached hydrogen (secondary N) is 1. The molecular weight excluding hydrogens is 330 g/mol. The largest absolute Gasteiger partial charge is 0.346 e. The summed E-state index contributed by atoms with van der Waals surface area (Å²) < 4.78 is 24.5. The predicted molar refractivity (Wildman–Crippen MR) is 102 cm³/mol. The number of ether oxygens (including phenoxy) is 4. The Morgan fingerprint density at radius 2 is 1.62 bits per heavy atom. The molecule has 0 saturated carbocycles. The molecule has 0 bridgehead atoms. The van der Waals surface area contributed by atoms with Gasteiger partial charge in [-0.3, -0.25) is 0 Å². The first-order chi connectivity index (χ1) is 12.3. The van der Waals surface area contributed by atoms with E-state index in [4.69, 9.17) is 18.9 Å². The number of hydrogen-bond acceptors (Lipinski definition) is 5. The van der Waals surface area contributed by atoms with Gasteiger partial charge in [-0.25, -0.2) is 0 Å². The number of fused-ring (bicyclic) bond motifs is 3. The highest BCUT2D eigenvalue weighted by atomic mass is 16.8. The zero-order valence-electron chi connectivity index (χ0n) is 17.2. The lowest BCUT2D eigenvalue weighted by Gasteiger charge is -2.44. The standard InChI is InChI=1S/C21H37NO4/c1-6-7-8-9-10-11-12-22-16-13-15-14-23-20(2,3)24-17(15)19-18(16)25-21(4,5)26-19/h13,16-19,22H,6-12,14H2,1-5H3/t16-,17+,18-,19?/m1/s1. The van der Waals surface area contributed by atoms with E-state index in [-0.39, 0.29) is 24.4 Å². The molecular formula is C21H37NO4. The van der Waals surface area contributed by atoms with Crippen LogP contribution in [0.2, 0.25) is 0 Å². The van der Waals surface area contributed by atoms with Crippen molar-refractivity contribution in [3.63, 3.8) is 0 Å². The Morgan fingerprint density at radius 3 is 2.38 bits per heavy atom.